The van der Waals surface area contributed by atoms with Crippen LogP contribution in [0.5, 0.6) is 0 Å². The summed E-state index contributed by atoms with van der Waals surface area (Å²) in [5.41, 5.74) is 6.18. The van der Waals surface area contributed by atoms with Gasteiger partial charge in [-0.25, -0.2) is 0 Å². The summed E-state index contributed by atoms with van der Waals surface area (Å²) in [6.45, 7) is 6.35. The summed E-state index contributed by atoms with van der Waals surface area (Å²) in [4.78, 5) is 0. The molecule has 2 rings (SSSR count). The van der Waals surface area contributed by atoms with Crippen LogP contribution < -0.4 is 0 Å². The standard InChI is InChI=1S/C15H15Cl/c1-10-7-8-13(9-12(10)3)15-11(2)5-4-6-14(15)16/h4-9H,1-3H3. The van der Waals surface area contributed by atoms with E-state index in [1.54, 1.807) is 0 Å². The largest absolute Gasteiger partial charge is 0.0837 e. The molecule has 82 valence electrons. The maximum Gasteiger partial charge on any atom is 0.0487 e. The van der Waals surface area contributed by atoms with Crippen LogP contribution in [-0.2, 0) is 0 Å². The van der Waals surface area contributed by atoms with Crippen LogP contribution in [0, 0.1) is 20.8 Å². The molecule has 2 aromatic rings. The minimum absolute atomic E-state index is 0.822. The van der Waals surface area contributed by atoms with Crippen molar-refractivity contribution in [3.8, 4) is 11.1 Å². The highest BCUT2D eigenvalue weighted by Crippen LogP contribution is 2.31. The van der Waals surface area contributed by atoms with Crippen LogP contribution in [-0.4, -0.2) is 0 Å². The van der Waals surface area contributed by atoms with Crippen LogP contribution in [0.2, 0.25) is 5.02 Å². The van der Waals surface area contributed by atoms with Gasteiger partial charge in [-0.1, -0.05) is 41.9 Å². The maximum atomic E-state index is 6.26. The molecule has 2 aromatic carbocycles. The highest BCUT2D eigenvalue weighted by Gasteiger charge is 2.07. The number of hydrogen-bond donors (Lipinski definition) is 0. The molecule has 1 heteroatoms. The monoisotopic (exact) mass is 230 g/mol. The Morgan fingerprint density at radius 2 is 1.56 bits per heavy atom. The molecule has 0 atom stereocenters. The van der Waals surface area contributed by atoms with E-state index in [1.807, 2.05) is 12.1 Å². The van der Waals surface area contributed by atoms with Gasteiger partial charge in [0.05, 0.1) is 0 Å². The first-order chi connectivity index (χ1) is 7.59. The van der Waals surface area contributed by atoms with Gasteiger partial charge in [0, 0.05) is 10.6 Å². The Morgan fingerprint density at radius 1 is 0.812 bits per heavy atom. The molecule has 0 saturated carbocycles. The van der Waals surface area contributed by atoms with Gasteiger partial charge in [-0.15, -0.1) is 0 Å². The lowest BCUT2D eigenvalue weighted by Crippen LogP contribution is -1.87. The minimum Gasteiger partial charge on any atom is -0.0837 e. The first kappa shape index (κ1) is 11.2. The molecular formula is C15H15Cl. The predicted molar refractivity (Wildman–Crippen MR) is 71.1 cm³/mol. The van der Waals surface area contributed by atoms with Crippen LogP contribution in [0.1, 0.15) is 16.7 Å². The molecule has 0 N–H and O–H groups in total. The Labute approximate surface area is 102 Å². The van der Waals surface area contributed by atoms with Gasteiger partial charge in [-0.3, -0.25) is 0 Å². The zero-order valence-electron chi connectivity index (χ0n) is 9.84. The summed E-state index contributed by atoms with van der Waals surface area (Å²) in [6.07, 6.45) is 0. The molecule has 0 fully saturated rings. The summed E-state index contributed by atoms with van der Waals surface area (Å²) in [7, 11) is 0. The van der Waals surface area contributed by atoms with E-state index >= 15 is 0 Å². The summed E-state index contributed by atoms with van der Waals surface area (Å²) >= 11 is 6.26. The second-order valence-electron chi connectivity index (χ2n) is 4.23. The van der Waals surface area contributed by atoms with E-state index in [0.29, 0.717) is 0 Å². The smallest absolute Gasteiger partial charge is 0.0487 e. The van der Waals surface area contributed by atoms with Crippen molar-refractivity contribution in [3.05, 3.63) is 58.1 Å². The van der Waals surface area contributed by atoms with E-state index in [2.05, 4.69) is 45.0 Å². The van der Waals surface area contributed by atoms with Gasteiger partial charge < -0.3 is 0 Å². The van der Waals surface area contributed by atoms with Crippen LogP contribution in [0.3, 0.4) is 0 Å². The molecule has 0 aliphatic heterocycles. The lowest BCUT2D eigenvalue weighted by molar-refractivity contribution is 1.33. The van der Waals surface area contributed by atoms with Crippen molar-refractivity contribution < 1.29 is 0 Å². The molecular weight excluding hydrogens is 216 g/mol. The summed E-state index contributed by atoms with van der Waals surface area (Å²) in [5, 5.41) is 0.822. The van der Waals surface area contributed by atoms with Crippen molar-refractivity contribution >= 4 is 11.6 Å². The van der Waals surface area contributed by atoms with Crippen LogP contribution in [0.15, 0.2) is 36.4 Å². The molecule has 0 amide bonds. The van der Waals surface area contributed by atoms with Gasteiger partial charge in [0.25, 0.3) is 0 Å². The van der Waals surface area contributed by atoms with Crippen LogP contribution >= 0.6 is 11.6 Å². The molecule has 0 aliphatic rings. The Bertz CT molecular complexity index is 507. The molecule has 0 unspecified atom stereocenters. The zero-order chi connectivity index (χ0) is 11.7. The van der Waals surface area contributed by atoms with E-state index < -0.39 is 0 Å². The molecule has 0 aliphatic carbocycles. The fraction of sp³-hybridized carbons (Fsp3) is 0.200. The quantitative estimate of drug-likeness (QED) is 0.652. The first-order valence-corrected chi connectivity index (χ1v) is 5.80. The number of hydrogen-bond acceptors (Lipinski definition) is 0. The molecule has 0 spiro atoms. The van der Waals surface area contributed by atoms with Crippen molar-refractivity contribution in [1.82, 2.24) is 0 Å². The average molecular weight is 231 g/mol. The molecule has 0 heterocycles. The lowest BCUT2D eigenvalue weighted by atomic mass is 9.97. The second kappa shape index (κ2) is 4.31. The maximum absolute atomic E-state index is 6.26. The summed E-state index contributed by atoms with van der Waals surface area (Å²) in [5.74, 6) is 0. The summed E-state index contributed by atoms with van der Waals surface area (Å²) in [6, 6.07) is 12.5. The first-order valence-electron chi connectivity index (χ1n) is 5.42. The zero-order valence-corrected chi connectivity index (χ0v) is 10.6. The van der Waals surface area contributed by atoms with E-state index in [1.165, 1.54) is 22.3 Å². The molecule has 0 bridgehead atoms. The van der Waals surface area contributed by atoms with Crippen molar-refractivity contribution in [1.29, 1.82) is 0 Å². The SMILES string of the molecule is Cc1ccc(-c2c(C)cccc2Cl)cc1C. The third-order valence-corrected chi connectivity index (χ3v) is 3.33. The van der Waals surface area contributed by atoms with Gasteiger partial charge in [0.1, 0.15) is 0 Å². The van der Waals surface area contributed by atoms with Crippen LogP contribution in [0.25, 0.3) is 11.1 Å². The van der Waals surface area contributed by atoms with Gasteiger partial charge in [-0.2, -0.15) is 0 Å². The van der Waals surface area contributed by atoms with Gasteiger partial charge in [0.2, 0.25) is 0 Å². The fourth-order valence-corrected chi connectivity index (χ4v) is 2.23. The Balaban J connectivity index is 2.63. The van der Waals surface area contributed by atoms with Gasteiger partial charge >= 0.3 is 0 Å². The topological polar surface area (TPSA) is 0 Å². The van der Waals surface area contributed by atoms with Gasteiger partial charge in [-0.05, 0) is 49.1 Å². The molecule has 0 nitrogen and oxygen atoms in total. The van der Waals surface area contributed by atoms with Crippen molar-refractivity contribution in [3.63, 3.8) is 0 Å². The van der Waals surface area contributed by atoms with Gasteiger partial charge in [0.15, 0.2) is 0 Å². The minimum atomic E-state index is 0.822. The lowest BCUT2D eigenvalue weighted by Gasteiger charge is -2.10. The Hall–Kier alpha value is -1.27. The van der Waals surface area contributed by atoms with Crippen LogP contribution in [0.4, 0.5) is 0 Å². The average Bonchev–Trinajstić information content (AvgIpc) is 2.23. The summed E-state index contributed by atoms with van der Waals surface area (Å²) < 4.78 is 0. The third kappa shape index (κ3) is 1.98. The van der Waals surface area contributed by atoms with Crippen molar-refractivity contribution in [2.45, 2.75) is 20.8 Å². The number of benzene rings is 2. The molecule has 0 aromatic heterocycles. The van der Waals surface area contributed by atoms with E-state index in [0.717, 1.165) is 10.6 Å². The molecule has 0 saturated heterocycles. The normalized spacial score (nSPS) is 10.5. The third-order valence-electron chi connectivity index (χ3n) is 3.02. The Morgan fingerprint density at radius 3 is 2.19 bits per heavy atom. The molecule has 0 radical (unpaired) electrons. The highest BCUT2D eigenvalue weighted by atomic mass is 35.5. The van der Waals surface area contributed by atoms with Crippen molar-refractivity contribution in [2.75, 3.05) is 0 Å². The fourth-order valence-electron chi connectivity index (χ4n) is 1.89. The Kier molecular flexibility index (Phi) is 3.02. The van der Waals surface area contributed by atoms with E-state index in [-0.39, 0.29) is 0 Å². The second-order valence-corrected chi connectivity index (χ2v) is 4.64. The van der Waals surface area contributed by atoms with Crippen molar-refractivity contribution in [2.24, 2.45) is 0 Å². The molecule has 16 heavy (non-hydrogen) atoms. The number of aryl methyl sites for hydroxylation is 3. The van der Waals surface area contributed by atoms with E-state index in [9.17, 15) is 0 Å². The number of halogens is 1. The number of rotatable bonds is 1. The highest BCUT2D eigenvalue weighted by molar-refractivity contribution is 6.33. The van der Waals surface area contributed by atoms with E-state index in [4.69, 9.17) is 11.6 Å². The predicted octanol–water partition coefficient (Wildman–Crippen LogP) is 4.93.